The lowest BCUT2D eigenvalue weighted by Crippen LogP contribution is -2.37. The maximum Gasteiger partial charge on any atom is 0.220 e. The van der Waals surface area contributed by atoms with Gasteiger partial charge < -0.3 is 15.5 Å². The van der Waals surface area contributed by atoms with Gasteiger partial charge in [-0.3, -0.25) is 4.79 Å². The molecule has 0 bridgehead atoms. The number of hydrogen-bond donors (Lipinski definition) is 2. The summed E-state index contributed by atoms with van der Waals surface area (Å²) in [6.07, 6.45) is 2.98. The monoisotopic (exact) mass is 313 g/mol. The lowest BCUT2D eigenvalue weighted by atomic mass is 9.94. The van der Waals surface area contributed by atoms with Crippen molar-refractivity contribution in [1.29, 1.82) is 0 Å². The van der Waals surface area contributed by atoms with Gasteiger partial charge in [-0.2, -0.15) is 0 Å². The molecule has 1 amide bonds. The Balaban J connectivity index is 0. The van der Waals surface area contributed by atoms with Crippen LogP contribution in [0.5, 0.6) is 0 Å². The summed E-state index contributed by atoms with van der Waals surface area (Å²) in [4.78, 5) is 14.0. The molecule has 1 aliphatic rings. The van der Waals surface area contributed by atoms with E-state index in [1.165, 1.54) is 0 Å². The third kappa shape index (κ3) is 9.50. The van der Waals surface area contributed by atoms with Crippen LogP contribution in [0.1, 0.15) is 33.1 Å². The van der Waals surface area contributed by atoms with Gasteiger partial charge in [0.2, 0.25) is 5.91 Å². The molecule has 6 heteroatoms. The van der Waals surface area contributed by atoms with Crippen LogP contribution in [0.15, 0.2) is 0 Å². The Labute approximate surface area is 129 Å². The zero-order valence-electron chi connectivity index (χ0n) is 12.3. The van der Waals surface area contributed by atoms with E-state index in [0.717, 1.165) is 39.0 Å². The minimum Gasteiger partial charge on any atom is -0.355 e. The van der Waals surface area contributed by atoms with Crippen molar-refractivity contribution in [2.45, 2.75) is 39.2 Å². The molecule has 0 aromatic carbocycles. The molecule has 0 aliphatic carbocycles. The first-order chi connectivity index (χ1) is 8.09. The molecule has 19 heavy (non-hydrogen) atoms. The molecule has 1 fully saturated rings. The summed E-state index contributed by atoms with van der Waals surface area (Å²) in [5.74, 6) is 0.799. The highest BCUT2D eigenvalue weighted by Gasteiger charge is 2.16. The second-order valence-corrected chi connectivity index (χ2v) is 5.32. The fourth-order valence-corrected chi connectivity index (χ4v) is 2.05. The summed E-state index contributed by atoms with van der Waals surface area (Å²) in [6.45, 7) is 8.14. The largest absolute Gasteiger partial charge is 0.355 e. The van der Waals surface area contributed by atoms with Crippen molar-refractivity contribution in [3.63, 3.8) is 0 Å². The average molecular weight is 314 g/mol. The second kappa shape index (κ2) is 11.8. The predicted octanol–water partition coefficient (Wildman–Crippen LogP) is 1.68. The zero-order valence-corrected chi connectivity index (χ0v) is 13.9. The van der Waals surface area contributed by atoms with Crippen LogP contribution in [0, 0.1) is 5.92 Å². The Hall–Kier alpha value is -0.0300. The first-order valence-electron chi connectivity index (χ1n) is 6.77. The molecule has 0 spiro atoms. The van der Waals surface area contributed by atoms with Gasteiger partial charge in [-0.05, 0) is 52.7 Å². The van der Waals surface area contributed by atoms with Gasteiger partial charge in [0.1, 0.15) is 0 Å². The summed E-state index contributed by atoms with van der Waals surface area (Å²) >= 11 is 0. The molecule has 1 heterocycles. The number of carbonyl (C=O) groups is 1. The fourth-order valence-electron chi connectivity index (χ4n) is 2.05. The van der Waals surface area contributed by atoms with E-state index < -0.39 is 0 Å². The topological polar surface area (TPSA) is 44.4 Å². The number of likely N-dealkylation sites (N-methyl/N-ethyl adjacent to an activating group) is 1. The van der Waals surface area contributed by atoms with Gasteiger partial charge in [0, 0.05) is 25.6 Å². The molecule has 0 atom stereocenters. The smallest absolute Gasteiger partial charge is 0.220 e. The number of nitrogens with zero attached hydrogens (tertiary/aromatic N) is 1. The van der Waals surface area contributed by atoms with Gasteiger partial charge >= 0.3 is 0 Å². The molecule has 4 nitrogen and oxygen atoms in total. The molecule has 0 unspecified atom stereocenters. The summed E-state index contributed by atoms with van der Waals surface area (Å²) in [7, 11) is 2.09. The molecule has 0 radical (unpaired) electrons. The molecule has 1 saturated heterocycles. The van der Waals surface area contributed by atoms with Crippen molar-refractivity contribution in [1.82, 2.24) is 15.5 Å². The number of nitrogens with one attached hydrogen (secondary N) is 2. The molecule has 2 N–H and O–H groups in total. The minimum atomic E-state index is 0. The summed E-state index contributed by atoms with van der Waals surface area (Å²) in [6, 6.07) is 0.538. The van der Waals surface area contributed by atoms with Crippen LogP contribution in [0.2, 0.25) is 0 Å². The van der Waals surface area contributed by atoms with Gasteiger partial charge in [0.15, 0.2) is 0 Å². The van der Waals surface area contributed by atoms with Crippen molar-refractivity contribution in [2.24, 2.45) is 5.92 Å². The Morgan fingerprint density at radius 2 is 1.89 bits per heavy atom. The Kier molecular flexibility index (Phi) is 13.2. The van der Waals surface area contributed by atoms with Gasteiger partial charge in [-0.25, -0.2) is 0 Å². The Bertz CT molecular complexity index is 234. The third-order valence-corrected chi connectivity index (χ3v) is 3.60. The molecule has 0 saturated carbocycles. The van der Waals surface area contributed by atoms with Gasteiger partial charge in [-0.15, -0.1) is 24.8 Å². The van der Waals surface area contributed by atoms with Crippen molar-refractivity contribution < 1.29 is 4.79 Å². The van der Waals surface area contributed by atoms with Crippen molar-refractivity contribution >= 4 is 30.7 Å². The van der Waals surface area contributed by atoms with Crippen LogP contribution in [0.3, 0.4) is 0 Å². The highest BCUT2D eigenvalue weighted by Crippen LogP contribution is 2.15. The fraction of sp³-hybridized carbons (Fsp3) is 0.923. The predicted molar refractivity (Wildman–Crippen MR) is 85.5 cm³/mol. The van der Waals surface area contributed by atoms with E-state index >= 15 is 0 Å². The lowest BCUT2D eigenvalue weighted by molar-refractivity contribution is -0.122. The molecule has 0 aromatic heterocycles. The Morgan fingerprint density at radius 1 is 1.32 bits per heavy atom. The summed E-state index contributed by atoms with van der Waals surface area (Å²) in [5, 5.41) is 6.33. The standard InChI is InChI=1S/C13H27N3O.2ClH/c1-11(2)16(3)9-8-15-13(17)10-12-4-6-14-7-5-12;;/h11-12,14H,4-10H2,1-3H3,(H,15,17);2*1H. The number of carbonyl (C=O) groups excluding carboxylic acids is 1. The van der Waals surface area contributed by atoms with Crippen LogP contribution in [0.4, 0.5) is 0 Å². The van der Waals surface area contributed by atoms with Crippen LogP contribution in [-0.4, -0.2) is 50.1 Å². The molecular weight excluding hydrogens is 285 g/mol. The maximum atomic E-state index is 11.7. The lowest BCUT2D eigenvalue weighted by Gasteiger charge is -2.23. The normalized spacial score (nSPS) is 15.8. The first-order valence-corrected chi connectivity index (χ1v) is 6.77. The highest BCUT2D eigenvalue weighted by molar-refractivity contribution is 5.85. The van der Waals surface area contributed by atoms with Crippen molar-refractivity contribution in [3.05, 3.63) is 0 Å². The van der Waals surface area contributed by atoms with E-state index in [1.807, 2.05) is 0 Å². The van der Waals surface area contributed by atoms with Crippen LogP contribution < -0.4 is 10.6 Å². The first kappa shape index (κ1) is 21.3. The van der Waals surface area contributed by atoms with E-state index in [2.05, 4.69) is 36.4 Å². The van der Waals surface area contributed by atoms with Crippen LogP contribution >= 0.6 is 24.8 Å². The molecule has 1 rings (SSSR count). The quantitative estimate of drug-likeness (QED) is 0.784. The summed E-state index contributed by atoms with van der Waals surface area (Å²) < 4.78 is 0. The van der Waals surface area contributed by atoms with E-state index in [9.17, 15) is 4.79 Å². The van der Waals surface area contributed by atoms with E-state index in [1.54, 1.807) is 0 Å². The second-order valence-electron chi connectivity index (χ2n) is 5.32. The minimum absolute atomic E-state index is 0. The van der Waals surface area contributed by atoms with Gasteiger partial charge in [0.25, 0.3) is 0 Å². The highest BCUT2D eigenvalue weighted by atomic mass is 35.5. The molecule has 0 aromatic rings. The number of piperidine rings is 1. The Morgan fingerprint density at radius 3 is 2.42 bits per heavy atom. The molecule has 1 aliphatic heterocycles. The summed E-state index contributed by atoms with van der Waals surface area (Å²) in [5.41, 5.74) is 0. The number of rotatable bonds is 6. The van der Waals surface area contributed by atoms with Crippen LogP contribution in [0.25, 0.3) is 0 Å². The zero-order chi connectivity index (χ0) is 12.7. The number of halogens is 2. The van der Waals surface area contributed by atoms with Crippen LogP contribution in [-0.2, 0) is 4.79 Å². The number of amides is 1. The van der Waals surface area contributed by atoms with E-state index in [-0.39, 0.29) is 30.7 Å². The van der Waals surface area contributed by atoms with E-state index in [0.29, 0.717) is 18.4 Å². The average Bonchev–Trinajstić information content (AvgIpc) is 2.30. The SMILES string of the molecule is CC(C)N(C)CCNC(=O)CC1CCNCC1.Cl.Cl. The number of hydrogen-bond acceptors (Lipinski definition) is 3. The molecule has 116 valence electrons. The van der Waals surface area contributed by atoms with Gasteiger partial charge in [0.05, 0.1) is 0 Å². The maximum absolute atomic E-state index is 11.7. The van der Waals surface area contributed by atoms with Crippen molar-refractivity contribution in [3.8, 4) is 0 Å². The third-order valence-electron chi connectivity index (χ3n) is 3.60. The van der Waals surface area contributed by atoms with E-state index in [4.69, 9.17) is 0 Å². The van der Waals surface area contributed by atoms with Crippen molar-refractivity contribution in [2.75, 3.05) is 33.2 Å². The van der Waals surface area contributed by atoms with Gasteiger partial charge in [-0.1, -0.05) is 0 Å². The molecular formula is C13H29Cl2N3O.